The van der Waals surface area contributed by atoms with E-state index < -0.39 is 5.97 Å². The van der Waals surface area contributed by atoms with Crippen LogP contribution >= 0.6 is 11.8 Å². The summed E-state index contributed by atoms with van der Waals surface area (Å²) in [6.45, 7) is 1.92. The Morgan fingerprint density at radius 1 is 1.67 bits per heavy atom. The molecule has 0 rings (SSSR count). The summed E-state index contributed by atoms with van der Waals surface area (Å²) in [6, 6.07) is 0.134. The second-order valence-corrected chi connectivity index (χ2v) is 4.06. The monoisotopic (exact) mass is 191 g/mol. The molecule has 0 heterocycles. The number of carbonyl (C=O) groups is 1. The Morgan fingerprint density at radius 2 is 2.25 bits per heavy atom. The molecular weight excluding hydrogens is 174 g/mol. The fraction of sp³-hybridized carbons (Fsp3) is 0.875. The van der Waals surface area contributed by atoms with E-state index in [0.717, 1.165) is 12.2 Å². The lowest BCUT2D eigenvalue weighted by molar-refractivity contribution is -0.138. The molecule has 12 heavy (non-hydrogen) atoms. The molecule has 0 saturated carbocycles. The average Bonchev–Trinajstić information content (AvgIpc) is 1.84. The molecule has 0 aliphatic rings. The third kappa shape index (κ3) is 6.49. The van der Waals surface area contributed by atoms with Gasteiger partial charge in [0.25, 0.3) is 0 Å². The lowest BCUT2D eigenvalue weighted by atomic mass is 10.00. The molecular formula is C8H17NO2S. The van der Waals surface area contributed by atoms with Crippen LogP contribution in [-0.2, 0) is 4.79 Å². The summed E-state index contributed by atoms with van der Waals surface area (Å²) in [5.41, 5.74) is 5.75. The SMILES string of the molecule is CSCC(N)CC(C)CC(=O)O. The van der Waals surface area contributed by atoms with Crippen molar-refractivity contribution in [2.45, 2.75) is 25.8 Å². The van der Waals surface area contributed by atoms with E-state index in [1.807, 2.05) is 13.2 Å². The topological polar surface area (TPSA) is 63.3 Å². The number of rotatable bonds is 6. The Bertz CT molecular complexity index is 141. The minimum absolute atomic E-state index is 0.134. The molecule has 3 nitrogen and oxygen atoms in total. The van der Waals surface area contributed by atoms with Gasteiger partial charge in [-0.25, -0.2) is 0 Å². The summed E-state index contributed by atoms with van der Waals surface area (Å²) in [5.74, 6) is 0.354. The maximum atomic E-state index is 10.3. The molecule has 0 fully saturated rings. The first kappa shape index (κ1) is 11.8. The molecule has 3 N–H and O–H groups in total. The molecule has 0 aromatic carbocycles. The summed E-state index contributed by atoms with van der Waals surface area (Å²) in [7, 11) is 0. The van der Waals surface area contributed by atoms with E-state index in [0.29, 0.717) is 0 Å². The molecule has 2 atom stereocenters. The first-order chi connectivity index (χ1) is 5.56. The van der Waals surface area contributed by atoms with Crippen molar-refractivity contribution in [1.82, 2.24) is 0 Å². The molecule has 0 amide bonds. The fourth-order valence-electron chi connectivity index (χ4n) is 1.18. The van der Waals surface area contributed by atoms with Crippen LogP contribution in [0, 0.1) is 5.92 Å². The highest BCUT2D eigenvalue weighted by Crippen LogP contribution is 2.11. The summed E-state index contributed by atoms with van der Waals surface area (Å²) >= 11 is 1.70. The van der Waals surface area contributed by atoms with Gasteiger partial charge in [0.2, 0.25) is 0 Å². The van der Waals surface area contributed by atoms with Gasteiger partial charge in [0.05, 0.1) is 0 Å². The van der Waals surface area contributed by atoms with Crippen molar-refractivity contribution < 1.29 is 9.90 Å². The first-order valence-corrected chi connectivity index (χ1v) is 5.42. The highest BCUT2D eigenvalue weighted by Gasteiger charge is 2.11. The normalized spacial score (nSPS) is 15.6. The van der Waals surface area contributed by atoms with Gasteiger partial charge in [-0.05, 0) is 18.6 Å². The molecule has 0 bridgehead atoms. The molecule has 0 aliphatic heterocycles. The highest BCUT2D eigenvalue weighted by molar-refractivity contribution is 7.98. The van der Waals surface area contributed by atoms with Crippen molar-refractivity contribution >= 4 is 17.7 Å². The molecule has 0 spiro atoms. The predicted octanol–water partition coefficient (Wildman–Crippen LogP) is 1.18. The van der Waals surface area contributed by atoms with E-state index in [-0.39, 0.29) is 18.4 Å². The summed E-state index contributed by atoms with van der Waals surface area (Å²) < 4.78 is 0. The van der Waals surface area contributed by atoms with Crippen molar-refractivity contribution in [3.05, 3.63) is 0 Å². The maximum Gasteiger partial charge on any atom is 0.303 e. The Morgan fingerprint density at radius 3 is 2.67 bits per heavy atom. The van der Waals surface area contributed by atoms with Crippen LogP contribution in [0.5, 0.6) is 0 Å². The van der Waals surface area contributed by atoms with E-state index >= 15 is 0 Å². The van der Waals surface area contributed by atoms with E-state index in [9.17, 15) is 4.79 Å². The number of carboxylic acids is 1. The minimum Gasteiger partial charge on any atom is -0.481 e. The Labute approximate surface area is 77.7 Å². The number of hydrogen-bond donors (Lipinski definition) is 2. The summed E-state index contributed by atoms with van der Waals surface area (Å²) in [6.07, 6.45) is 3.02. The smallest absolute Gasteiger partial charge is 0.303 e. The van der Waals surface area contributed by atoms with Crippen LogP contribution in [-0.4, -0.2) is 29.1 Å². The quantitative estimate of drug-likeness (QED) is 0.661. The fourth-order valence-corrected chi connectivity index (χ4v) is 1.74. The molecule has 72 valence electrons. The van der Waals surface area contributed by atoms with Gasteiger partial charge in [-0.2, -0.15) is 11.8 Å². The van der Waals surface area contributed by atoms with Crippen molar-refractivity contribution in [3.63, 3.8) is 0 Å². The summed E-state index contributed by atoms with van der Waals surface area (Å²) in [5, 5.41) is 8.48. The van der Waals surface area contributed by atoms with Gasteiger partial charge in [0.15, 0.2) is 0 Å². The summed E-state index contributed by atoms with van der Waals surface area (Å²) in [4.78, 5) is 10.3. The molecule has 0 radical (unpaired) electrons. The number of nitrogens with two attached hydrogens (primary N) is 1. The number of carboxylic acid groups (broad SMARTS) is 1. The van der Waals surface area contributed by atoms with Gasteiger partial charge in [0.1, 0.15) is 0 Å². The van der Waals surface area contributed by atoms with Gasteiger partial charge in [0, 0.05) is 18.2 Å². The Hall–Kier alpha value is -0.220. The highest BCUT2D eigenvalue weighted by atomic mass is 32.2. The van der Waals surface area contributed by atoms with Gasteiger partial charge >= 0.3 is 5.97 Å². The van der Waals surface area contributed by atoms with Crippen LogP contribution < -0.4 is 5.73 Å². The number of thioether (sulfide) groups is 1. The standard InChI is InChI=1S/C8H17NO2S/c1-6(4-8(10)11)3-7(9)5-12-2/h6-7H,3-5,9H2,1-2H3,(H,10,11). The molecule has 0 aromatic rings. The van der Waals surface area contributed by atoms with Crippen molar-refractivity contribution in [3.8, 4) is 0 Å². The van der Waals surface area contributed by atoms with Crippen molar-refractivity contribution in [1.29, 1.82) is 0 Å². The zero-order valence-electron chi connectivity index (χ0n) is 7.62. The largest absolute Gasteiger partial charge is 0.481 e. The van der Waals surface area contributed by atoms with Crippen LogP contribution in [0.2, 0.25) is 0 Å². The zero-order valence-corrected chi connectivity index (χ0v) is 8.43. The van der Waals surface area contributed by atoms with Crippen LogP contribution in [0.25, 0.3) is 0 Å². The van der Waals surface area contributed by atoms with E-state index in [1.54, 1.807) is 11.8 Å². The molecule has 0 saturated heterocycles. The van der Waals surface area contributed by atoms with Crippen molar-refractivity contribution in [2.24, 2.45) is 11.7 Å². The maximum absolute atomic E-state index is 10.3. The van der Waals surface area contributed by atoms with Crippen LogP contribution in [0.4, 0.5) is 0 Å². The van der Waals surface area contributed by atoms with Gasteiger partial charge in [-0.3, -0.25) is 4.79 Å². The van der Waals surface area contributed by atoms with E-state index in [1.165, 1.54) is 0 Å². The third-order valence-corrected chi connectivity index (χ3v) is 2.37. The average molecular weight is 191 g/mol. The van der Waals surface area contributed by atoms with Gasteiger partial charge in [-0.15, -0.1) is 0 Å². The molecule has 4 heteroatoms. The lowest BCUT2D eigenvalue weighted by Crippen LogP contribution is -2.26. The zero-order chi connectivity index (χ0) is 9.56. The van der Waals surface area contributed by atoms with Crippen LogP contribution in [0.3, 0.4) is 0 Å². The third-order valence-electron chi connectivity index (χ3n) is 1.61. The Balaban J connectivity index is 3.53. The second kappa shape index (κ2) is 6.31. The van der Waals surface area contributed by atoms with E-state index in [4.69, 9.17) is 10.8 Å². The first-order valence-electron chi connectivity index (χ1n) is 4.02. The van der Waals surface area contributed by atoms with Crippen molar-refractivity contribution in [2.75, 3.05) is 12.0 Å². The van der Waals surface area contributed by atoms with E-state index in [2.05, 4.69) is 0 Å². The number of aliphatic carboxylic acids is 1. The van der Waals surface area contributed by atoms with Gasteiger partial charge in [-0.1, -0.05) is 6.92 Å². The Kier molecular flexibility index (Phi) is 6.20. The number of hydrogen-bond acceptors (Lipinski definition) is 3. The molecule has 2 unspecified atom stereocenters. The molecule has 0 aromatic heterocycles. The van der Waals surface area contributed by atoms with Crippen LogP contribution in [0.15, 0.2) is 0 Å². The van der Waals surface area contributed by atoms with Crippen LogP contribution in [0.1, 0.15) is 19.8 Å². The second-order valence-electron chi connectivity index (χ2n) is 3.15. The lowest BCUT2D eigenvalue weighted by Gasteiger charge is -2.14. The minimum atomic E-state index is -0.737. The predicted molar refractivity (Wildman–Crippen MR) is 52.4 cm³/mol. The molecule has 0 aliphatic carbocycles. The van der Waals surface area contributed by atoms with Gasteiger partial charge < -0.3 is 10.8 Å².